The molecule has 0 radical (unpaired) electrons. The first kappa shape index (κ1) is 12.2. The number of benzene rings is 2. The average Bonchev–Trinajstić information content (AvgIpc) is 2.47. The monoisotopic (exact) mass is 238 g/mol. The third kappa shape index (κ3) is 2.09. The van der Waals surface area contributed by atoms with Gasteiger partial charge in [0.15, 0.2) is 0 Å². The Balaban J connectivity index is 2.60. The lowest BCUT2D eigenvalue weighted by Crippen LogP contribution is -2.30. The smallest absolute Gasteiger partial charge is 0.135 e. The largest absolute Gasteiger partial charge is 0.303 e. The second-order valence-electron chi connectivity index (χ2n) is 4.19. The van der Waals surface area contributed by atoms with Crippen LogP contribution in [0.25, 0.3) is 0 Å². The minimum Gasteiger partial charge on any atom is -0.303 e. The van der Waals surface area contributed by atoms with Crippen molar-refractivity contribution in [2.75, 3.05) is 0 Å². The van der Waals surface area contributed by atoms with Gasteiger partial charge in [0.2, 0.25) is 0 Å². The third-order valence-electron chi connectivity index (χ3n) is 3.18. The molecule has 90 valence electrons. The van der Waals surface area contributed by atoms with Crippen molar-refractivity contribution in [3.05, 3.63) is 71.8 Å². The van der Waals surface area contributed by atoms with Crippen LogP contribution in [-0.2, 0) is 15.0 Å². The molecule has 2 aromatic rings. The summed E-state index contributed by atoms with van der Waals surface area (Å²) in [6.45, 7) is 0. The highest BCUT2D eigenvalue weighted by Gasteiger charge is 2.33. The van der Waals surface area contributed by atoms with Gasteiger partial charge in [0, 0.05) is 6.42 Å². The van der Waals surface area contributed by atoms with Gasteiger partial charge >= 0.3 is 0 Å². The van der Waals surface area contributed by atoms with E-state index in [2.05, 4.69) is 0 Å². The molecule has 0 saturated carbocycles. The van der Waals surface area contributed by atoms with Crippen LogP contribution in [0.3, 0.4) is 0 Å². The summed E-state index contributed by atoms with van der Waals surface area (Å²) < 4.78 is 0. The zero-order valence-corrected chi connectivity index (χ0v) is 9.95. The number of carbonyl (C=O) groups excluding carboxylic acids is 2. The number of hydrogen-bond acceptors (Lipinski definition) is 2. The number of rotatable bonds is 5. The number of hydrogen-bond donors (Lipinski definition) is 0. The first-order chi connectivity index (χ1) is 8.83. The maximum Gasteiger partial charge on any atom is 0.135 e. The van der Waals surface area contributed by atoms with Crippen LogP contribution in [-0.4, -0.2) is 12.6 Å². The highest BCUT2D eigenvalue weighted by Crippen LogP contribution is 2.32. The molecule has 0 aliphatic carbocycles. The van der Waals surface area contributed by atoms with E-state index in [1.807, 2.05) is 60.7 Å². The molecule has 0 amide bonds. The standard InChI is InChI=1S/C16H14O2/c17-12-11-16(13-18,14-7-3-1-4-8-14)15-9-5-2-6-10-15/h1-10,12-13H,11H2. The van der Waals surface area contributed by atoms with Crippen LogP contribution >= 0.6 is 0 Å². The zero-order valence-electron chi connectivity index (χ0n) is 9.95. The first-order valence-electron chi connectivity index (χ1n) is 5.84. The molecule has 18 heavy (non-hydrogen) atoms. The van der Waals surface area contributed by atoms with E-state index < -0.39 is 5.41 Å². The third-order valence-corrected chi connectivity index (χ3v) is 3.18. The Hall–Kier alpha value is -2.22. The van der Waals surface area contributed by atoms with E-state index in [-0.39, 0.29) is 6.42 Å². The van der Waals surface area contributed by atoms with Crippen molar-refractivity contribution in [3.63, 3.8) is 0 Å². The molecule has 2 rings (SSSR count). The first-order valence-corrected chi connectivity index (χ1v) is 5.84. The molecule has 0 spiro atoms. The molecule has 0 atom stereocenters. The molecular weight excluding hydrogens is 224 g/mol. The SMILES string of the molecule is O=CCC(C=O)(c1ccccc1)c1ccccc1. The Bertz CT molecular complexity index is 478. The van der Waals surface area contributed by atoms with Gasteiger partial charge in [0.05, 0.1) is 5.41 Å². The molecule has 0 unspecified atom stereocenters. The highest BCUT2D eigenvalue weighted by atomic mass is 16.1. The fourth-order valence-electron chi connectivity index (χ4n) is 2.19. The number of carbonyl (C=O) groups is 2. The molecule has 2 aromatic carbocycles. The number of aldehydes is 2. The van der Waals surface area contributed by atoms with E-state index >= 15 is 0 Å². The minimum absolute atomic E-state index is 0.157. The molecule has 0 aliphatic heterocycles. The van der Waals surface area contributed by atoms with Crippen molar-refractivity contribution in [1.82, 2.24) is 0 Å². The van der Waals surface area contributed by atoms with E-state index in [0.29, 0.717) is 0 Å². The fraction of sp³-hybridized carbons (Fsp3) is 0.125. The predicted octanol–water partition coefficient (Wildman–Crippen LogP) is 2.76. The van der Waals surface area contributed by atoms with Gasteiger partial charge in [-0.2, -0.15) is 0 Å². The van der Waals surface area contributed by atoms with Crippen LogP contribution in [0.1, 0.15) is 17.5 Å². The summed E-state index contributed by atoms with van der Waals surface area (Å²) >= 11 is 0. The lowest BCUT2D eigenvalue weighted by atomic mass is 9.73. The Labute approximate surface area is 106 Å². The van der Waals surface area contributed by atoms with Crippen molar-refractivity contribution >= 4 is 12.6 Å². The summed E-state index contributed by atoms with van der Waals surface area (Å²) in [4.78, 5) is 22.6. The van der Waals surface area contributed by atoms with Crippen molar-refractivity contribution in [2.24, 2.45) is 0 Å². The van der Waals surface area contributed by atoms with Crippen LogP contribution in [0.5, 0.6) is 0 Å². The van der Waals surface area contributed by atoms with Crippen LogP contribution in [0.4, 0.5) is 0 Å². The van der Waals surface area contributed by atoms with E-state index in [1.54, 1.807) is 0 Å². The van der Waals surface area contributed by atoms with E-state index in [4.69, 9.17) is 0 Å². The average molecular weight is 238 g/mol. The van der Waals surface area contributed by atoms with Gasteiger partial charge in [-0.3, -0.25) is 0 Å². The quantitative estimate of drug-likeness (QED) is 0.750. The lowest BCUT2D eigenvalue weighted by molar-refractivity contribution is -0.115. The lowest BCUT2D eigenvalue weighted by Gasteiger charge is -2.27. The molecule has 2 nitrogen and oxygen atoms in total. The fourth-order valence-corrected chi connectivity index (χ4v) is 2.19. The van der Waals surface area contributed by atoms with Crippen LogP contribution in [0, 0.1) is 0 Å². The molecule has 0 N–H and O–H groups in total. The summed E-state index contributed by atoms with van der Waals surface area (Å²) in [7, 11) is 0. The molecule has 0 aromatic heterocycles. The highest BCUT2D eigenvalue weighted by molar-refractivity contribution is 5.79. The van der Waals surface area contributed by atoms with Gasteiger partial charge < -0.3 is 9.59 Å². The van der Waals surface area contributed by atoms with E-state index in [0.717, 1.165) is 23.7 Å². The van der Waals surface area contributed by atoms with Crippen molar-refractivity contribution in [3.8, 4) is 0 Å². The van der Waals surface area contributed by atoms with Gasteiger partial charge in [-0.15, -0.1) is 0 Å². The van der Waals surface area contributed by atoms with Gasteiger partial charge in [-0.1, -0.05) is 60.7 Å². The van der Waals surface area contributed by atoms with Crippen LogP contribution in [0.15, 0.2) is 60.7 Å². The Morgan fingerprint density at radius 1 is 0.778 bits per heavy atom. The summed E-state index contributed by atoms with van der Waals surface area (Å²) in [6.07, 6.45) is 1.82. The molecule has 0 saturated heterocycles. The van der Waals surface area contributed by atoms with E-state index in [1.165, 1.54) is 0 Å². The normalized spacial score (nSPS) is 10.9. The van der Waals surface area contributed by atoms with Gasteiger partial charge in [-0.05, 0) is 11.1 Å². The molecule has 0 fully saturated rings. The Kier molecular flexibility index (Phi) is 3.68. The minimum atomic E-state index is -0.871. The maximum atomic E-state index is 11.7. The molecular formula is C16H14O2. The molecule has 0 bridgehead atoms. The topological polar surface area (TPSA) is 34.1 Å². The van der Waals surface area contributed by atoms with Crippen LogP contribution in [0.2, 0.25) is 0 Å². The Morgan fingerprint density at radius 2 is 1.22 bits per heavy atom. The van der Waals surface area contributed by atoms with Gasteiger partial charge in [-0.25, -0.2) is 0 Å². The van der Waals surface area contributed by atoms with Crippen molar-refractivity contribution < 1.29 is 9.59 Å². The summed E-state index contributed by atoms with van der Waals surface area (Å²) in [5, 5.41) is 0. The molecule has 2 heteroatoms. The summed E-state index contributed by atoms with van der Waals surface area (Å²) in [5.74, 6) is 0. The van der Waals surface area contributed by atoms with Gasteiger partial charge in [0.1, 0.15) is 12.6 Å². The zero-order chi connectivity index (χ0) is 12.8. The van der Waals surface area contributed by atoms with Crippen LogP contribution < -0.4 is 0 Å². The van der Waals surface area contributed by atoms with Gasteiger partial charge in [0.25, 0.3) is 0 Å². The van der Waals surface area contributed by atoms with E-state index in [9.17, 15) is 9.59 Å². The molecule has 0 heterocycles. The predicted molar refractivity (Wildman–Crippen MR) is 70.4 cm³/mol. The molecule has 0 aliphatic rings. The van der Waals surface area contributed by atoms with Crippen molar-refractivity contribution in [2.45, 2.75) is 11.8 Å². The Morgan fingerprint density at radius 3 is 1.56 bits per heavy atom. The second-order valence-corrected chi connectivity index (χ2v) is 4.19. The second kappa shape index (κ2) is 5.41. The maximum absolute atomic E-state index is 11.7. The summed E-state index contributed by atoms with van der Waals surface area (Å²) in [5.41, 5.74) is 0.821. The summed E-state index contributed by atoms with van der Waals surface area (Å²) in [6, 6.07) is 18.8. The van der Waals surface area contributed by atoms with Crippen molar-refractivity contribution in [1.29, 1.82) is 0 Å².